The molecule has 2 aromatic rings. The lowest BCUT2D eigenvalue weighted by molar-refractivity contribution is 0.305. The molecule has 0 unspecified atom stereocenters. The summed E-state index contributed by atoms with van der Waals surface area (Å²) in [5, 5.41) is 1.06. The van der Waals surface area contributed by atoms with Crippen molar-refractivity contribution in [3.05, 3.63) is 63.4 Å². The molecule has 0 heterocycles. The second kappa shape index (κ2) is 5.59. The van der Waals surface area contributed by atoms with Gasteiger partial charge in [0.15, 0.2) is 0 Å². The second-order valence-electron chi connectivity index (χ2n) is 3.93. The van der Waals surface area contributed by atoms with Crippen LogP contribution in [0.4, 0.5) is 4.39 Å². The molecular weight excluding hydrogens is 274 g/mol. The molecule has 2 rings (SSSR count). The average Bonchev–Trinajstić information content (AvgIpc) is 2.32. The highest BCUT2D eigenvalue weighted by molar-refractivity contribution is 6.34. The van der Waals surface area contributed by atoms with Crippen LogP contribution in [0.2, 0.25) is 10.0 Å². The summed E-state index contributed by atoms with van der Waals surface area (Å²) >= 11 is 11.8. The first-order valence-corrected chi connectivity index (χ1v) is 6.15. The monoisotopic (exact) mass is 284 g/mol. The fourth-order valence-corrected chi connectivity index (χ4v) is 1.90. The van der Waals surface area contributed by atoms with Crippen molar-refractivity contribution < 1.29 is 9.13 Å². The Morgan fingerprint density at radius 3 is 2.61 bits per heavy atom. The summed E-state index contributed by atoms with van der Waals surface area (Å²) in [5.74, 6) is 0.268. The molecule has 0 aliphatic carbocycles. The number of benzene rings is 2. The SMILES string of the molecule is Cc1cc(F)ccc1COc1cc(Cl)ccc1Cl. The van der Waals surface area contributed by atoms with Gasteiger partial charge in [-0.3, -0.25) is 0 Å². The molecule has 0 aromatic heterocycles. The van der Waals surface area contributed by atoms with Gasteiger partial charge in [0, 0.05) is 11.1 Å². The summed E-state index contributed by atoms with van der Waals surface area (Å²) in [6.07, 6.45) is 0. The third-order valence-electron chi connectivity index (χ3n) is 2.58. The first kappa shape index (κ1) is 13.2. The lowest BCUT2D eigenvalue weighted by Crippen LogP contribution is -1.98. The van der Waals surface area contributed by atoms with Gasteiger partial charge in [-0.15, -0.1) is 0 Å². The van der Waals surface area contributed by atoms with Crippen LogP contribution >= 0.6 is 23.2 Å². The number of hydrogen-bond acceptors (Lipinski definition) is 1. The first-order valence-electron chi connectivity index (χ1n) is 5.39. The van der Waals surface area contributed by atoms with E-state index in [1.54, 1.807) is 24.3 Å². The van der Waals surface area contributed by atoms with Gasteiger partial charge >= 0.3 is 0 Å². The van der Waals surface area contributed by atoms with Crippen molar-refractivity contribution in [3.63, 3.8) is 0 Å². The highest BCUT2D eigenvalue weighted by atomic mass is 35.5. The highest BCUT2D eigenvalue weighted by Gasteiger charge is 2.05. The molecule has 0 saturated carbocycles. The Kier molecular flexibility index (Phi) is 4.10. The first-order chi connectivity index (χ1) is 8.56. The molecule has 0 aliphatic rings. The number of aryl methyl sites for hydroxylation is 1. The van der Waals surface area contributed by atoms with Crippen LogP contribution in [0.15, 0.2) is 36.4 Å². The fourth-order valence-electron chi connectivity index (χ4n) is 1.56. The molecule has 2 aromatic carbocycles. The van der Waals surface area contributed by atoms with Gasteiger partial charge in [0.2, 0.25) is 0 Å². The van der Waals surface area contributed by atoms with Gasteiger partial charge < -0.3 is 4.74 Å². The Hall–Kier alpha value is -1.25. The molecule has 0 N–H and O–H groups in total. The van der Waals surface area contributed by atoms with Crippen molar-refractivity contribution in [1.29, 1.82) is 0 Å². The predicted molar refractivity (Wildman–Crippen MR) is 71.9 cm³/mol. The van der Waals surface area contributed by atoms with E-state index in [-0.39, 0.29) is 5.82 Å². The number of halogens is 3. The van der Waals surface area contributed by atoms with Crippen LogP contribution in [-0.2, 0) is 6.61 Å². The molecule has 0 saturated heterocycles. The molecule has 0 fully saturated rings. The summed E-state index contributed by atoms with van der Waals surface area (Å²) in [4.78, 5) is 0. The standard InChI is InChI=1S/C14H11Cl2FO/c1-9-6-12(17)4-2-10(9)8-18-14-7-11(15)3-5-13(14)16/h2-7H,8H2,1H3. The van der Waals surface area contributed by atoms with Gasteiger partial charge in [-0.05, 0) is 42.3 Å². The Bertz CT molecular complexity index is 570. The van der Waals surface area contributed by atoms with E-state index in [1.807, 2.05) is 6.92 Å². The molecule has 0 aliphatic heterocycles. The fraction of sp³-hybridized carbons (Fsp3) is 0.143. The number of hydrogen-bond donors (Lipinski definition) is 0. The maximum Gasteiger partial charge on any atom is 0.139 e. The van der Waals surface area contributed by atoms with Crippen molar-refractivity contribution >= 4 is 23.2 Å². The van der Waals surface area contributed by atoms with Crippen molar-refractivity contribution in [2.75, 3.05) is 0 Å². The van der Waals surface area contributed by atoms with E-state index in [9.17, 15) is 4.39 Å². The van der Waals surface area contributed by atoms with Crippen molar-refractivity contribution in [1.82, 2.24) is 0 Å². The minimum atomic E-state index is -0.253. The molecular formula is C14H11Cl2FO. The third-order valence-corrected chi connectivity index (χ3v) is 3.13. The van der Waals surface area contributed by atoms with E-state index >= 15 is 0 Å². The maximum atomic E-state index is 12.9. The van der Waals surface area contributed by atoms with Gasteiger partial charge in [-0.2, -0.15) is 0 Å². The second-order valence-corrected chi connectivity index (χ2v) is 4.78. The molecule has 0 spiro atoms. The highest BCUT2D eigenvalue weighted by Crippen LogP contribution is 2.28. The van der Waals surface area contributed by atoms with E-state index in [4.69, 9.17) is 27.9 Å². The predicted octanol–water partition coefficient (Wildman–Crippen LogP) is 5.02. The Morgan fingerprint density at radius 2 is 1.89 bits per heavy atom. The van der Waals surface area contributed by atoms with Crippen LogP contribution in [0, 0.1) is 12.7 Å². The number of rotatable bonds is 3. The smallest absolute Gasteiger partial charge is 0.139 e. The van der Waals surface area contributed by atoms with Crippen molar-refractivity contribution in [3.8, 4) is 5.75 Å². The van der Waals surface area contributed by atoms with E-state index in [1.165, 1.54) is 12.1 Å². The van der Waals surface area contributed by atoms with Gasteiger partial charge in [-0.25, -0.2) is 4.39 Å². The molecule has 94 valence electrons. The molecule has 1 nitrogen and oxygen atoms in total. The Morgan fingerprint density at radius 1 is 1.11 bits per heavy atom. The summed E-state index contributed by atoms with van der Waals surface area (Å²) in [5.41, 5.74) is 1.75. The lowest BCUT2D eigenvalue weighted by atomic mass is 10.1. The maximum absolute atomic E-state index is 12.9. The zero-order valence-electron chi connectivity index (χ0n) is 9.71. The van der Waals surface area contributed by atoms with Crippen LogP contribution in [-0.4, -0.2) is 0 Å². The van der Waals surface area contributed by atoms with Crippen LogP contribution in [0.3, 0.4) is 0 Å². The average molecular weight is 285 g/mol. The van der Waals surface area contributed by atoms with Gasteiger partial charge in [0.25, 0.3) is 0 Å². The van der Waals surface area contributed by atoms with Crippen LogP contribution in [0.5, 0.6) is 5.75 Å². The largest absolute Gasteiger partial charge is 0.487 e. The summed E-state index contributed by atoms with van der Waals surface area (Å²) in [7, 11) is 0. The zero-order valence-corrected chi connectivity index (χ0v) is 11.2. The molecule has 0 radical (unpaired) electrons. The Labute approximate surface area is 115 Å². The van der Waals surface area contributed by atoms with Crippen molar-refractivity contribution in [2.24, 2.45) is 0 Å². The van der Waals surface area contributed by atoms with E-state index in [0.717, 1.165) is 11.1 Å². The van der Waals surface area contributed by atoms with Gasteiger partial charge in [0.05, 0.1) is 5.02 Å². The van der Waals surface area contributed by atoms with E-state index in [2.05, 4.69) is 0 Å². The van der Waals surface area contributed by atoms with Crippen molar-refractivity contribution in [2.45, 2.75) is 13.5 Å². The summed E-state index contributed by atoms with van der Waals surface area (Å²) < 4.78 is 18.5. The summed E-state index contributed by atoms with van der Waals surface area (Å²) in [6.45, 7) is 2.16. The Balaban J connectivity index is 2.13. The summed E-state index contributed by atoms with van der Waals surface area (Å²) in [6, 6.07) is 9.60. The van der Waals surface area contributed by atoms with E-state index in [0.29, 0.717) is 22.4 Å². The molecule has 0 amide bonds. The van der Waals surface area contributed by atoms with E-state index < -0.39 is 0 Å². The molecule has 18 heavy (non-hydrogen) atoms. The zero-order chi connectivity index (χ0) is 13.1. The number of ether oxygens (including phenoxy) is 1. The van der Waals surface area contributed by atoms with Gasteiger partial charge in [-0.1, -0.05) is 29.3 Å². The lowest BCUT2D eigenvalue weighted by Gasteiger charge is -2.10. The molecule has 0 atom stereocenters. The topological polar surface area (TPSA) is 9.23 Å². The molecule has 4 heteroatoms. The van der Waals surface area contributed by atoms with Crippen LogP contribution < -0.4 is 4.74 Å². The van der Waals surface area contributed by atoms with Crippen LogP contribution in [0.1, 0.15) is 11.1 Å². The van der Waals surface area contributed by atoms with Gasteiger partial charge in [0.1, 0.15) is 18.2 Å². The third kappa shape index (κ3) is 3.15. The van der Waals surface area contributed by atoms with Crippen LogP contribution in [0.25, 0.3) is 0 Å². The quantitative estimate of drug-likeness (QED) is 0.769. The molecule has 0 bridgehead atoms. The normalized spacial score (nSPS) is 10.4. The minimum Gasteiger partial charge on any atom is -0.487 e. The minimum absolute atomic E-state index is 0.253.